The van der Waals surface area contributed by atoms with Gasteiger partial charge in [-0.05, 0) is 66.9 Å². The van der Waals surface area contributed by atoms with Crippen LogP contribution in [0.1, 0.15) is 78.9 Å². The molecule has 4 unspecified atom stereocenters. The quantitative estimate of drug-likeness (QED) is 0.188. The highest BCUT2D eigenvalue weighted by atomic mass is 16.5. The molecule has 266 valence electrons. The fourth-order valence-corrected chi connectivity index (χ4v) is 6.68. The number of Topliss-reactive ketones (excluding diaryl/α,β-unsaturated/α-hetero) is 1. The fraction of sp³-hybridized carbons (Fsp3) is 0.657. The van der Waals surface area contributed by atoms with E-state index in [0.29, 0.717) is 32.2 Å². The van der Waals surface area contributed by atoms with E-state index in [0.717, 1.165) is 11.1 Å². The largest absolute Gasteiger partial charge is 0.447 e. The van der Waals surface area contributed by atoms with E-state index in [1.165, 1.54) is 4.90 Å². The summed E-state index contributed by atoms with van der Waals surface area (Å²) in [7, 11) is 0. The molecule has 6 N–H and O–H groups in total. The minimum absolute atomic E-state index is 0.0258. The molecule has 1 aromatic carbocycles. The number of nitrogens with two attached hydrogens (primary N) is 1. The zero-order valence-electron chi connectivity index (χ0n) is 29.4. The second kappa shape index (κ2) is 16.8. The molecule has 1 aromatic rings. The Kier molecular flexibility index (Phi) is 13.4. The smallest absolute Gasteiger partial charge is 0.407 e. The van der Waals surface area contributed by atoms with Crippen LogP contribution in [-0.2, 0) is 36.8 Å². The van der Waals surface area contributed by atoms with Crippen LogP contribution < -0.4 is 27.0 Å². The minimum atomic E-state index is -1.13. The van der Waals surface area contributed by atoms with E-state index in [2.05, 4.69) is 21.3 Å². The molecular weight excluding hydrogens is 616 g/mol. The zero-order valence-corrected chi connectivity index (χ0v) is 29.4. The molecule has 3 rings (SSSR count). The Hall–Kier alpha value is -4.16. The summed E-state index contributed by atoms with van der Waals surface area (Å²) in [6, 6.07) is 3.73. The van der Waals surface area contributed by atoms with Crippen molar-refractivity contribution < 1.29 is 33.5 Å². The zero-order chi connectivity index (χ0) is 35.8. The molecule has 1 aliphatic carbocycles. The maximum absolute atomic E-state index is 14.6. The second-order valence-electron chi connectivity index (χ2n) is 14.3. The number of rotatable bonds is 14. The van der Waals surface area contributed by atoms with E-state index in [1.54, 1.807) is 6.92 Å². The van der Waals surface area contributed by atoms with Crippen LogP contribution in [0.15, 0.2) is 24.3 Å². The molecule has 6 amide bonds. The summed E-state index contributed by atoms with van der Waals surface area (Å²) in [5, 5.41) is 11.1. The summed E-state index contributed by atoms with van der Waals surface area (Å²) in [5.74, 6) is -3.41. The van der Waals surface area contributed by atoms with Crippen molar-refractivity contribution in [2.75, 3.05) is 19.7 Å². The summed E-state index contributed by atoms with van der Waals surface area (Å²) in [5.41, 5.74) is 6.96. The van der Waals surface area contributed by atoms with E-state index < -0.39 is 65.2 Å². The van der Waals surface area contributed by atoms with E-state index in [4.69, 9.17) is 10.5 Å². The average molecular weight is 671 g/mol. The number of urea groups is 1. The van der Waals surface area contributed by atoms with Gasteiger partial charge in [-0.25, -0.2) is 9.59 Å². The molecule has 1 heterocycles. The highest BCUT2D eigenvalue weighted by Gasteiger charge is 2.47. The van der Waals surface area contributed by atoms with Crippen LogP contribution in [0.5, 0.6) is 0 Å². The van der Waals surface area contributed by atoms with Gasteiger partial charge in [0.1, 0.15) is 18.7 Å². The van der Waals surface area contributed by atoms with Gasteiger partial charge >= 0.3 is 12.1 Å². The van der Waals surface area contributed by atoms with Gasteiger partial charge in [-0.2, -0.15) is 0 Å². The summed E-state index contributed by atoms with van der Waals surface area (Å²) in [6.45, 7) is 13.9. The monoisotopic (exact) mass is 670 g/mol. The van der Waals surface area contributed by atoms with Gasteiger partial charge in [-0.1, -0.05) is 72.2 Å². The Labute approximate surface area is 283 Å². The Morgan fingerprint density at radius 1 is 0.979 bits per heavy atom. The lowest BCUT2D eigenvalue weighted by Crippen LogP contribution is -2.61. The van der Waals surface area contributed by atoms with Gasteiger partial charge < -0.3 is 36.6 Å². The number of nitrogens with zero attached hydrogens (tertiary/aromatic N) is 1. The lowest BCUT2D eigenvalue weighted by Gasteiger charge is -2.35. The Morgan fingerprint density at radius 2 is 1.60 bits per heavy atom. The third-order valence-electron chi connectivity index (χ3n) is 9.47. The molecule has 5 atom stereocenters. The number of primary amides is 1. The maximum Gasteiger partial charge on any atom is 0.407 e. The molecule has 0 aromatic heterocycles. The maximum atomic E-state index is 14.6. The highest BCUT2D eigenvalue weighted by Crippen LogP contribution is 2.35. The van der Waals surface area contributed by atoms with Crippen molar-refractivity contribution in [3.8, 4) is 0 Å². The van der Waals surface area contributed by atoms with Crippen molar-refractivity contribution in [1.82, 2.24) is 26.2 Å². The minimum Gasteiger partial charge on any atom is -0.447 e. The molecule has 1 aliphatic heterocycles. The first-order valence-electron chi connectivity index (χ1n) is 17.1. The number of carbonyl (C=O) groups is 6. The number of nitrogens with one attached hydrogen (secondary N) is 4. The van der Waals surface area contributed by atoms with Crippen LogP contribution in [0.25, 0.3) is 0 Å². The number of carbonyl (C=O) groups excluding carboxylic acids is 6. The molecule has 0 saturated carbocycles. The normalized spacial score (nSPS) is 19.5. The van der Waals surface area contributed by atoms with E-state index in [-0.39, 0.29) is 37.3 Å². The molecule has 13 nitrogen and oxygen atoms in total. The number of fused-ring (bicyclic) bond motifs is 1. The summed E-state index contributed by atoms with van der Waals surface area (Å²) in [4.78, 5) is 80.0. The molecule has 0 bridgehead atoms. The lowest BCUT2D eigenvalue weighted by molar-refractivity contribution is -0.143. The average Bonchev–Trinajstić information content (AvgIpc) is 3.66. The number of hydrogen-bond donors (Lipinski definition) is 5. The van der Waals surface area contributed by atoms with Crippen molar-refractivity contribution in [3.05, 3.63) is 35.4 Å². The summed E-state index contributed by atoms with van der Waals surface area (Å²) in [6.07, 6.45) is 1.82. The van der Waals surface area contributed by atoms with Crippen molar-refractivity contribution in [2.45, 2.75) is 105 Å². The molecule has 48 heavy (non-hydrogen) atoms. The molecule has 13 heteroatoms. The van der Waals surface area contributed by atoms with Gasteiger partial charge in [0.15, 0.2) is 0 Å². The van der Waals surface area contributed by atoms with Crippen molar-refractivity contribution in [3.63, 3.8) is 0 Å². The van der Waals surface area contributed by atoms with Crippen LogP contribution in [-0.4, -0.2) is 84.4 Å². The fourth-order valence-electron chi connectivity index (χ4n) is 6.68. The number of ether oxygens (including phenoxy) is 1. The first kappa shape index (κ1) is 38.3. The molecule has 1 saturated heterocycles. The van der Waals surface area contributed by atoms with Gasteiger partial charge in [0.05, 0.1) is 12.1 Å². The Balaban J connectivity index is 1.91. The van der Waals surface area contributed by atoms with Gasteiger partial charge in [-0.15, -0.1) is 0 Å². The molecule has 2 aliphatic rings. The second-order valence-corrected chi connectivity index (χ2v) is 14.3. The van der Waals surface area contributed by atoms with Crippen LogP contribution in [0.4, 0.5) is 9.59 Å². The van der Waals surface area contributed by atoms with Crippen LogP contribution >= 0.6 is 0 Å². The molecular formula is C35H54N6O7. The number of amides is 6. The predicted molar refractivity (Wildman–Crippen MR) is 181 cm³/mol. The summed E-state index contributed by atoms with van der Waals surface area (Å²) < 4.78 is 5.34. The Bertz CT molecular complexity index is 1320. The van der Waals surface area contributed by atoms with Crippen LogP contribution in [0, 0.1) is 23.2 Å². The third kappa shape index (κ3) is 9.70. The first-order chi connectivity index (χ1) is 22.6. The molecule has 0 spiro atoms. The first-order valence-corrected chi connectivity index (χ1v) is 17.1. The predicted octanol–water partition coefficient (Wildman–Crippen LogP) is 2.44. The third-order valence-corrected chi connectivity index (χ3v) is 9.47. The van der Waals surface area contributed by atoms with E-state index in [1.807, 2.05) is 65.8 Å². The van der Waals surface area contributed by atoms with E-state index >= 15 is 0 Å². The Morgan fingerprint density at radius 3 is 2.12 bits per heavy atom. The highest BCUT2D eigenvalue weighted by molar-refractivity contribution is 6.37. The van der Waals surface area contributed by atoms with Crippen LogP contribution in [0.2, 0.25) is 0 Å². The molecule has 0 radical (unpaired) electrons. The topological polar surface area (TPSA) is 189 Å². The SMILES string of the molecule is CCCC(NC(=O)C1[C@@H](C(C)C)CCN1C(=O)C(NC(=O)NC(COC(=O)NCC)C(C)(C)C)C1Cc2ccccc2C1)C(=O)C(N)=O. The lowest BCUT2D eigenvalue weighted by atomic mass is 9.87. The van der Waals surface area contributed by atoms with Gasteiger partial charge in [0.2, 0.25) is 17.6 Å². The number of ketones is 1. The van der Waals surface area contributed by atoms with Gasteiger partial charge in [-0.3, -0.25) is 19.2 Å². The standard InChI is InChI=1S/C35H54N6O7/c1-8-12-25(29(42)30(36)43)38-31(44)28-24(20(3)4)15-16-41(28)32(45)27(23-17-21-13-10-11-14-22(21)18-23)40-33(46)39-26(35(5,6)7)19-48-34(47)37-9-2/h10-11,13-14,20,23-28H,8-9,12,15-19H2,1-7H3,(H2,36,43)(H,37,47)(H,38,44)(H2,39,40,46)/t24-,25?,26?,27?,28?/m1/s1. The van der Waals surface area contributed by atoms with Gasteiger partial charge in [0, 0.05) is 13.1 Å². The van der Waals surface area contributed by atoms with Crippen molar-refractivity contribution in [2.24, 2.45) is 28.9 Å². The number of likely N-dealkylation sites (tertiary alicyclic amines) is 1. The van der Waals surface area contributed by atoms with E-state index in [9.17, 15) is 28.8 Å². The summed E-state index contributed by atoms with van der Waals surface area (Å²) >= 11 is 0. The number of alkyl carbamates (subject to hydrolysis) is 1. The van der Waals surface area contributed by atoms with Crippen LogP contribution in [0.3, 0.4) is 0 Å². The number of hydrogen-bond acceptors (Lipinski definition) is 7. The van der Waals surface area contributed by atoms with Crippen molar-refractivity contribution in [1.29, 1.82) is 0 Å². The van der Waals surface area contributed by atoms with Gasteiger partial charge in [0.25, 0.3) is 5.91 Å². The van der Waals surface area contributed by atoms with Crippen molar-refractivity contribution >= 4 is 35.6 Å². The molecule has 1 fully saturated rings. The number of benzene rings is 1.